The molecule has 70 valence electrons. The molecule has 1 heterocycles. The number of ether oxygens (including phenoxy) is 1. The first-order valence-corrected chi connectivity index (χ1v) is 4.76. The van der Waals surface area contributed by atoms with E-state index in [1.54, 1.807) is 7.11 Å². The van der Waals surface area contributed by atoms with Crippen LogP contribution in [0.1, 0.15) is 18.0 Å². The number of methoxy groups -OCH3 is 1. The number of benzene rings is 1. The summed E-state index contributed by atoms with van der Waals surface area (Å²) < 4.78 is 5.26. The molecule has 1 aliphatic rings. The molecule has 1 atom stereocenters. The Morgan fingerprint density at radius 2 is 2.31 bits per heavy atom. The van der Waals surface area contributed by atoms with Gasteiger partial charge in [-0.2, -0.15) is 0 Å². The molecule has 2 rings (SSSR count). The van der Waals surface area contributed by atoms with Crippen molar-refractivity contribution in [2.24, 2.45) is 0 Å². The van der Waals surface area contributed by atoms with Crippen LogP contribution in [0.5, 0.6) is 5.75 Å². The molecule has 0 saturated carbocycles. The Hall–Kier alpha value is -0.730. The molecule has 0 aromatic heterocycles. The quantitative estimate of drug-likeness (QED) is 0.786. The molecule has 1 saturated heterocycles. The van der Waals surface area contributed by atoms with Crippen molar-refractivity contribution in [2.75, 3.05) is 13.7 Å². The van der Waals surface area contributed by atoms with Gasteiger partial charge in [0.1, 0.15) is 5.75 Å². The van der Waals surface area contributed by atoms with Crippen molar-refractivity contribution in [2.45, 2.75) is 12.5 Å². The van der Waals surface area contributed by atoms with Crippen molar-refractivity contribution < 1.29 is 4.74 Å². The lowest BCUT2D eigenvalue weighted by Crippen LogP contribution is -2.35. The van der Waals surface area contributed by atoms with Crippen LogP contribution in [0.4, 0.5) is 0 Å². The Morgan fingerprint density at radius 1 is 1.54 bits per heavy atom. The van der Waals surface area contributed by atoms with Crippen LogP contribution in [-0.4, -0.2) is 13.7 Å². The van der Waals surface area contributed by atoms with Crippen LogP contribution in [0, 0.1) is 0 Å². The molecule has 0 amide bonds. The van der Waals surface area contributed by atoms with Gasteiger partial charge in [0, 0.05) is 16.6 Å². The second-order valence-corrected chi connectivity index (χ2v) is 3.62. The average molecular weight is 198 g/mol. The standard InChI is InChI=1S/C10H12ClNO/c1-13-10-6-7(11)2-3-8(10)9-4-5-12-9/h2-3,6,9,12H,4-5H2,1H3/t9-/m0/s1. The predicted octanol–water partition coefficient (Wildman–Crippen LogP) is 2.38. The summed E-state index contributed by atoms with van der Waals surface area (Å²) in [6.45, 7) is 1.09. The second kappa shape index (κ2) is 3.56. The van der Waals surface area contributed by atoms with Gasteiger partial charge in [-0.15, -0.1) is 0 Å². The summed E-state index contributed by atoms with van der Waals surface area (Å²) in [4.78, 5) is 0. The van der Waals surface area contributed by atoms with Gasteiger partial charge in [-0.05, 0) is 25.1 Å². The zero-order valence-corrected chi connectivity index (χ0v) is 8.27. The van der Waals surface area contributed by atoms with E-state index in [2.05, 4.69) is 5.32 Å². The van der Waals surface area contributed by atoms with Crippen LogP contribution in [0.25, 0.3) is 0 Å². The third-order valence-electron chi connectivity index (χ3n) is 2.39. The first kappa shape index (κ1) is 8.85. The molecule has 3 heteroatoms. The molecule has 0 radical (unpaired) electrons. The molecule has 0 spiro atoms. The molecule has 1 aromatic rings. The van der Waals surface area contributed by atoms with Gasteiger partial charge in [-0.1, -0.05) is 17.7 Å². The van der Waals surface area contributed by atoms with Gasteiger partial charge in [-0.3, -0.25) is 0 Å². The predicted molar refractivity (Wildman–Crippen MR) is 53.4 cm³/mol. The van der Waals surface area contributed by atoms with Gasteiger partial charge in [-0.25, -0.2) is 0 Å². The average Bonchev–Trinajstić information content (AvgIpc) is 2.05. The van der Waals surface area contributed by atoms with E-state index in [4.69, 9.17) is 16.3 Å². The third-order valence-corrected chi connectivity index (χ3v) is 2.63. The van der Waals surface area contributed by atoms with Crippen LogP contribution < -0.4 is 10.1 Å². The normalized spacial score (nSPS) is 20.9. The summed E-state index contributed by atoms with van der Waals surface area (Å²) in [7, 11) is 1.67. The lowest BCUT2D eigenvalue weighted by Gasteiger charge is -2.29. The van der Waals surface area contributed by atoms with Crippen molar-refractivity contribution in [3.8, 4) is 5.75 Å². The van der Waals surface area contributed by atoms with Crippen molar-refractivity contribution in [1.29, 1.82) is 0 Å². The Labute approximate surface area is 82.9 Å². The molecule has 0 aliphatic carbocycles. The third kappa shape index (κ3) is 1.64. The lowest BCUT2D eigenvalue weighted by molar-refractivity contribution is 0.353. The van der Waals surface area contributed by atoms with Gasteiger partial charge in [0.15, 0.2) is 0 Å². The molecule has 2 nitrogen and oxygen atoms in total. The Morgan fingerprint density at radius 3 is 2.85 bits per heavy atom. The van der Waals surface area contributed by atoms with Crippen molar-refractivity contribution in [3.05, 3.63) is 28.8 Å². The van der Waals surface area contributed by atoms with Crippen molar-refractivity contribution in [3.63, 3.8) is 0 Å². The fraction of sp³-hybridized carbons (Fsp3) is 0.400. The maximum atomic E-state index is 5.86. The zero-order valence-electron chi connectivity index (χ0n) is 7.51. The molecule has 13 heavy (non-hydrogen) atoms. The maximum Gasteiger partial charge on any atom is 0.125 e. The molecular weight excluding hydrogens is 186 g/mol. The molecule has 0 unspecified atom stereocenters. The summed E-state index contributed by atoms with van der Waals surface area (Å²) in [5.41, 5.74) is 1.21. The van der Waals surface area contributed by atoms with Crippen LogP contribution in [-0.2, 0) is 0 Å². The van der Waals surface area contributed by atoms with E-state index in [0.717, 1.165) is 17.3 Å². The number of hydrogen-bond acceptors (Lipinski definition) is 2. The van der Waals surface area contributed by atoms with E-state index >= 15 is 0 Å². The highest BCUT2D eigenvalue weighted by Crippen LogP contribution is 2.32. The molecule has 1 aliphatic heterocycles. The van der Waals surface area contributed by atoms with E-state index in [9.17, 15) is 0 Å². The molecule has 1 fully saturated rings. The molecule has 1 N–H and O–H groups in total. The van der Waals surface area contributed by atoms with Gasteiger partial charge < -0.3 is 10.1 Å². The topological polar surface area (TPSA) is 21.3 Å². The lowest BCUT2D eigenvalue weighted by atomic mass is 9.97. The van der Waals surface area contributed by atoms with Crippen LogP contribution in [0.3, 0.4) is 0 Å². The Kier molecular flexibility index (Phi) is 2.42. The summed E-state index contributed by atoms with van der Waals surface area (Å²) >= 11 is 5.86. The van der Waals surface area contributed by atoms with E-state index in [1.165, 1.54) is 12.0 Å². The highest BCUT2D eigenvalue weighted by molar-refractivity contribution is 6.30. The van der Waals surface area contributed by atoms with E-state index in [-0.39, 0.29) is 0 Å². The summed E-state index contributed by atoms with van der Waals surface area (Å²) in [6, 6.07) is 6.24. The fourth-order valence-corrected chi connectivity index (χ4v) is 1.69. The van der Waals surface area contributed by atoms with Crippen molar-refractivity contribution in [1.82, 2.24) is 5.32 Å². The van der Waals surface area contributed by atoms with Crippen LogP contribution in [0.2, 0.25) is 5.02 Å². The van der Waals surface area contributed by atoms with Gasteiger partial charge >= 0.3 is 0 Å². The van der Waals surface area contributed by atoms with E-state index in [0.29, 0.717) is 6.04 Å². The summed E-state index contributed by atoms with van der Waals surface area (Å²) in [6.07, 6.45) is 1.18. The Balaban J connectivity index is 2.32. The number of nitrogens with one attached hydrogen (secondary N) is 1. The monoisotopic (exact) mass is 197 g/mol. The van der Waals surface area contributed by atoms with Crippen LogP contribution >= 0.6 is 11.6 Å². The summed E-state index contributed by atoms with van der Waals surface area (Å²) in [5.74, 6) is 0.879. The van der Waals surface area contributed by atoms with Gasteiger partial charge in [0.2, 0.25) is 0 Å². The number of rotatable bonds is 2. The van der Waals surface area contributed by atoms with Crippen molar-refractivity contribution >= 4 is 11.6 Å². The minimum atomic E-state index is 0.451. The van der Waals surface area contributed by atoms with E-state index in [1.807, 2.05) is 18.2 Å². The highest BCUT2D eigenvalue weighted by atomic mass is 35.5. The minimum absolute atomic E-state index is 0.451. The molecule has 0 bridgehead atoms. The van der Waals surface area contributed by atoms with E-state index < -0.39 is 0 Å². The van der Waals surface area contributed by atoms with Gasteiger partial charge in [0.25, 0.3) is 0 Å². The summed E-state index contributed by atoms with van der Waals surface area (Å²) in [5, 5.41) is 4.06. The molecular formula is C10H12ClNO. The second-order valence-electron chi connectivity index (χ2n) is 3.18. The largest absolute Gasteiger partial charge is 0.496 e. The fourth-order valence-electron chi connectivity index (χ4n) is 1.53. The SMILES string of the molecule is COc1cc(Cl)ccc1[C@@H]1CCN1. The highest BCUT2D eigenvalue weighted by Gasteiger charge is 2.21. The molecule has 1 aromatic carbocycles. The maximum absolute atomic E-state index is 5.86. The van der Waals surface area contributed by atoms with Crippen LogP contribution in [0.15, 0.2) is 18.2 Å². The zero-order chi connectivity index (χ0) is 9.26. The Bertz CT molecular complexity index is 310. The smallest absolute Gasteiger partial charge is 0.125 e. The minimum Gasteiger partial charge on any atom is -0.496 e. The first-order valence-electron chi connectivity index (χ1n) is 4.38. The van der Waals surface area contributed by atoms with Gasteiger partial charge in [0.05, 0.1) is 7.11 Å². The number of halogens is 1. The first-order chi connectivity index (χ1) is 6.31. The number of hydrogen-bond donors (Lipinski definition) is 1.